The number of nitrogens with zero attached hydrogens (tertiary/aromatic N) is 3. The van der Waals surface area contributed by atoms with Gasteiger partial charge in [0.2, 0.25) is 0 Å². The molecule has 0 N–H and O–H groups in total. The van der Waals surface area contributed by atoms with E-state index in [0.29, 0.717) is 36.3 Å². The molecule has 0 radical (unpaired) electrons. The van der Waals surface area contributed by atoms with Crippen LogP contribution in [-0.4, -0.2) is 41.1 Å². The summed E-state index contributed by atoms with van der Waals surface area (Å²) in [5.41, 5.74) is -1.92. The Bertz CT molecular complexity index is 1210. The van der Waals surface area contributed by atoms with Gasteiger partial charge in [-0.15, -0.1) is 0 Å². The molecule has 5 nitrogen and oxygen atoms in total. The third-order valence-electron chi connectivity index (χ3n) is 6.10. The van der Waals surface area contributed by atoms with Gasteiger partial charge in [0, 0.05) is 30.2 Å². The first kappa shape index (κ1) is 25.7. The van der Waals surface area contributed by atoms with Crippen LogP contribution in [0.1, 0.15) is 41.3 Å². The highest BCUT2D eigenvalue weighted by Crippen LogP contribution is 2.38. The summed E-state index contributed by atoms with van der Waals surface area (Å²) in [5.74, 6) is 0. The van der Waals surface area contributed by atoms with Crippen molar-refractivity contribution in [2.45, 2.75) is 37.9 Å². The summed E-state index contributed by atoms with van der Waals surface area (Å²) in [5, 5.41) is 0.780. The van der Waals surface area contributed by atoms with Crippen molar-refractivity contribution in [1.29, 1.82) is 0 Å². The number of benzene rings is 2. The first-order chi connectivity index (χ1) is 17.0. The Balaban J connectivity index is 1.81. The summed E-state index contributed by atoms with van der Waals surface area (Å²) >= 11 is 0. The summed E-state index contributed by atoms with van der Waals surface area (Å²) < 4.78 is 85.5. The lowest BCUT2D eigenvalue weighted by Crippen LogP contribution is -2.43. The van der Waals surface area contributed by atoms with Gasteiger partial charge in [0.05, 0.1) is 30.3 Å². The molecule has 0 saturated carbocycles. The molecule has 1 aromatic heterocycles. The molecule has 11 heteroatoms. The first-order valence-corrected chi connectivity index (χ1v) is 11.2. The van der Waals surface area contributed by atoms with E-state index in [0.717, 1.165) is 30.2 Å². The summed E-state index contributed by atoms with van der Waals surface area (Å²) in [7, 11) is 1.11. The highest BCUT2D eigenvalue weighted by molar-refractivity contribution is 5.79. The Kier molecular flexibility index (Phi) is 7.12. The van der Waals surface area contributed by atoms with Gasteiger partial charge in [0.25, 0.3) is 0 Å². The van der Waals surface area contributed by atoms with E-state index in [1.165, 1.54) is 0 Å². The van der Waals surface area contributed by atoms with E-state index in [1.807, 2.05) is 35.2 Å². The molecule has 0 spiro atoms. The van der Waals surface area contributed by atoms with Crippen molar-refractivity contribution < 1.29 is 35.9 Å². The molecule has 1 amide bonds. The third-order valence-corrected chi connectivity index (χ3v) is 6.10. The number of amides is 1. The minimum Gasteiger partial charge on any atom is -0.453 e. The average Bonchev–Trinajstić information content (AvgIpc) is 3.36. The SMILES string of the molecule is COC(=O)N(Cc1cc(C(F)(F)F)cc(C(F)(F)F)c1)C(c1cnc2ccccc2c1)N1CCCC1. The van der Waals surface area contributed by atoms with Crippen molar-refractivity contribution in [3.05, 3.63) is 77.0 Å². The van der Waals surface area contributed by atoms with Crippen LogP contribution in [0.25, 0.3) is 10.9 Å². The Morgan fingerprint density at radius 3 is 2.19 bits per heavy atom. The van der Waals surface area contributed by atoms with Crippen molar-refractivity contribution in [3.8, 4) is 0 Å². The first-order valence-electron chi connectivity index (χ1n) is 11.2. The van der Waals surface area contributed by atoms with Crippen LogP contribution >= 0.6 is 0 Å². The maximum Gasteiger partial charge on any atom is 0.416 e. The number of hydrogen-bond acceptors (Lipinski definition) is 4. The number of rotatable bonds is 5. The topological polar surface area (TPSA) is 45.7 Å². The predicted molar refractivity (Wildman–Crippen MR) is 120 cm³/mol. The fourth-order valence-corrected chi connectivity index (χ4v) is 4.48. The van der Waals surface area contributed by atoms with Crippen LogP contribution < -0.4 is 0 Å². The van der Waals surface area contributed by atoms with Crippen LogP contribution in [0.15, 0.2) is 54.7 Å². The van der Waals surface area contributed by atoms with Gasteiger partial charge < -0.3 is 4.74 Å². The highest BCUT2D eigenvalue weighted by atomic mass is 19.4. The second-order valence-electron chi connectivity index (χ2n) is 8.59. The second-order valence-corrected chi connectivity index (χ2v) is 8.59. The van der Waals surface area contributed by atoms with Gasteiger partial charge in [-0.25, -0.2) is 4.79 Å². The van der Waals surface area contributed by atoms with Crippen LogP contribution in [0.3, 0.4) is 0 Å². The number of ether oxygens (including phenoxy) is 1. The maximum atomic E-state index is 13.4. The number of pyridine rings is 1. The largest absolute Gasteiger partial charge is 0.453 e. The molecule has 1 fully saturated rings. The molecule has 0 aliphatic carbocycles. The molecular weight excluding hydrogens is 488 g/mol. The van der Waals surface area contributed by atoms with E-state index in [9.17, 15) is 31.1 Å². The number of likely N-dealkylation sites (tertiary alicyclic amines) is 1. The fourth-order valence-electron chi connectivity index (χ4n) is 4.48. The number of fused-ring (bicyclic) bond motifs is 1. The number of methoxy groups -OCH3 is 1. The summed E-state index contributed by atoms with van der Waals surface area (Å²) in [6, 6.07) is 10.4. The zero-order valence-corrected chi connectivity index (χ0v) is 19.2. The number of halogens is 6. The van der Waals surface area contributed by atoms with E-state index in [2.05, 4.69) is 4.98 Å². The molecule has 0 bridgehead atoms. The van der Waals surface area contributed by atoms with Crippen LogP contribution in [-0.2, 0) is 23.6 Å². The van der Waals surface area contributed by atoms with Gasteiger partial charge in [0.1, 0.15) is 6.17 Å². The molecule has 2 heterocycles. The number of hydrogen-bond donors (Lipinski definition) is 0. The molecule has 1 saturated heterocycles. The molecule has 1 atom stereocenters. The molecule has 1 unspecified atom stereocenters. The lowest BCUT2D eigenvalue weighted by molar-refractivity contribution is -0.143. The molecule has 2 aromatic carbocycles. The molecule has 4 rings (SSSR count). The minimum atomic E-state index is -5.00. The smallest absolute Gasteiger partial charge is 0.416 e. The van der Waals surface area contributed by atoms with Gasteiger partial charge in [-0.2, -0.15) is 26.3 Å². The quantitative estimate of drug-likeness (QED) is 0.361. The van der Waals surface area contributed by atoms with E-state index in [4.69, 9.17) is 4.74 Å². The zero-order valence-electron chi connectivity index (χ0n) is 19.2. The molecular formula is C25H23F6N3O2. The van der Waals surface area contributed by atoms with Gasteiger partial charge >= 0.3 is 18.4 Å². The molecule has 36 heavy (non-hydrogen) atoms. The number of aromatic nitrogens is 1. The number of para-hydroxylation sites is 1. The standard InChI is InChI=1S/C25H23F6N3O2/c1-36-23(35)34(15-16-10-19(24(26,27)28)13-20(11-16)25(29,30)31)22(33-8-4-5-9-33)18-12-17-6-2-3-7-21(17)32-14-18/h2-3,6-7,10-14,22H,4-5,8-9,15H2,1H3. The lowest BCUT2D eigenvalue weighted by Gasteiger charge is -2.37. The minimum absolute atomic E-state index is 0.0667. The van der Waals surface area contributed by atoms with Gasteiger partial charge in [-0.3, -0.25) is 14.8 Å². The van der Waals surface area contributed by atoms with E-state index in [-0.39, 0.29) is 11.6 Å². The van der Waals surface area contributed by atoms with E-state index < -0.39 is 42.3 Å². The lowest BCUT2D eigenvalue weighted by atomic mass is 10.0. The van der Waals surface area contributed by atoms with Crippen LogP contribution in [0.4, 0.5) is 31.1 Å². The van der Waals surface area contributed by atoms with Crippen molar-refractivity contribution in [2.24, 2.45) is 0 Å². The maximum absolute atomic E-state index is 13.4. The molecule has 3 aromatic rings. The summed E-state index contributed by atoms with van der Waals surface area (Å²) in [4.78, 5) is 20.5. The van der Waals surface area contributed by atoms with Crippen molar-refractivity contribution in [2.75, 3.05) is 20.2 Å². The second kappa shape index (κ2) is 9.96. The summed E-state index contributed by atoms with van der Waals surface area (Å²) in [6.07, 6.45) is -8.46. The number of carbonyl (C=O) groups excluding carboxylic acids is 1. The number of carbonyl (C=O) groups is 1. The van der Waals surface area contributed by atoms with Crippen LogP contribution in [0, 0.1) is 0 Å². The van der Waals surface area contributed by atoms with Crippen LogP contribution in [0.5, 0.6) is 0 Å². The van der Waals surface area contributed by atoms with Crippen molar-refractivity contribution >= 4 is 17.0 Å². The Hall–Kier alpha value is -3.34. The molecule has 1 aliphatic rings. The van der Waals surface area contributed by atoms with Gasteiger partial charge in [-0.05, 0) is 48.7 Å². The van der Waals surface area contributed by atoms with E-state index >= 15 is 0 Å². The molecule has 192 valence electrons. The average molecular weight is 511 g/mol. The Morgan fingerprint density at radius 2 is 1.61 bits per heavy atom. The monoisotopic (exact) mass is 511 g/mol. The Morgan fingerprint density at radius 1 is 1.00 bits per heavy atom. The predicted octanol–water partition coefficient (Wildman–Crippen LogP) is 6.64. The normalized spacial score (nSPS) is 15.8. The highest BCUT2D eigenvalue weighted by Gasteiger charge is 2.38. The Labute approximate surface area is 203 Å². The van der Waals surface area contributed by atoms with Crippen molar-refractivity contribution in [1.82, 2.24) is 14.8 Å². The van der Waals surface area contributed by atoms with Crippen molar-refractivity contribution in [3.63, 3.8) is 0 Å². The fraction of sp³-hybridized carbons (Fsp3) is 0.360. The van der Waals surface area contributed by atoms with Gasteiger partial charge in [0.15, 0.2) is 0 Å². The third kappa shape index (κ3) is 5.56. The zero-order chi connectivity index (χ0) is 26.1. The van der Waals surface area contributed by atoms with E-state index in [1.54, 1.807) is 6.20 Å². The van der Waals surface area contributed by atoms with Gasteiger partial charge in [-0.1, -0.05) is 18.2 Å². The number of alkyl halides is 6. The van der Waals surface area contributed by atoms with Crippen LogP contribution in [0.2, 0.25) is 0 Å². The molecule has 1 aliphatic heterocycles. The summed E-state index contributed by atoms with van der Waals surface area (Å²) in [6.45, 7) is 0.635.